The number of benzene rings is 1. The zero-order chi connectivity index (χ0) is 13.7. The van der Waals surface area contributed by atoms with Crippen molar-refractivity contribution in [3.63, 3.8) is 0 Å². The SMILES string of the molecule is O=C(O)C(=C/C=C/c1c(Cl)cccc1Cl)C(=O)O. The van der Waals surface area contributed by atoms with Crippen molar-refractivity contribution >= 4 is 41.2 Å². The Bertz CT molecular complexity index is 511. The van der Waals surface area contributed by atoms with E-state index in [1.807, 2.05) is 0 Å². The average molecular weight is 287 g/mol. The lowest BCUT2D eigenvalue weighted by molar-refractivity contribution is -0.140. The minimum Gasteiger partial charge on any atom is -0.477 e. The highest BCUT2D eigenvalue weighted by atomic mass is 35.5. The molecule has 94 valence electrons. The molecular formula is C12H8Cl2O4. The Hall–Kier alpha value is -1.78. The van der Waals surface area contributed by atoms with Crippen LogP contribution in [0.15, 0.2) is 35.9 Å². The third-order valence-electron chi connectivity index (χ3n) is 1.99. The third kappa shape index (κ3) is 3.61. The number of hydrogen-bond acceptors (Lipinski definition) is 2. The minimum absolute atomic E-state index is 0.388. The van der Waals surface area contributed by atoms with Gasteiger partial charge in [0.1, 0.15) is 5.57 Å². The minimum atomic E-state index is -1.52. The maximum absolute atomic E-state index is 10.6. The van der Waals surface area contributed by atoms with Gasteiger partial charge in [-0.2, -0.15) is 0 Å². The maximum Gasteiger partial charge on any atom is 0.343 e. The zero-order valence-corrected chi connectivity index (χ0v) is 10.4. The lowest BCUT2D eigenvalue weighted by atomic mass is 10.2. The van der Waals surface area contributed by atoms with E-state index in [0.29, 0.717) is 15.6 Å². The summed E-state index contributed by atoms with van der Waals surface area (Å²) >= 11 is 11.8. The lowest BCUT2D eigenvalue weighted by Crippen LogP contribution is -2.10. The Balaban J connectivity index is 3.04. The van der Waals surface area contributed by atoms with Crippen molar-refractivity contribution in [2.24, 2.45) is 0 Å². The first-order valence-electron chi connectivity index (χ1n) is 4.72. The van der Waals surface area contributed by atoms with Crippen molar-refractivity contribution in [3.8, 4) is 0 Å². The molecule has 0 saturated carbocycles. The number of allylic oxidation sites excluding steroid dienone is 2. The van der Waals surface area contributed by atoms with Crippen LogP contribution in [0.4, 0.5) is 0 Å². The van der Waals surface area contributed by atoms with E-state index in [9.17, 15) is 9.59 Å². The van der Waals surface area contributed by atoms with Gasteiger partial charge in [-0.25, -0.2) is 9.59 Å². The van der Waals surface area contributed by atoms with Crippen LogP contribution in [0.25, 0.3) is 6.08 Å². The average Bonchev–Trinajstić information content (AvgIpc) is 2.26. The number of aliphatic carboxylic acids is 2. The highest BCUT2D eigenvalue weighted by molar-refractivity contribution is 6.37. The molecule has 0 aliphatic heterocycles. The molecule has 0 amide bonds. The standard InChI is InChI=1S/C12H8Cl2O4/c13-9-5-2-6-10(14)7(9)3-1-4-8(11(15)16)12(17)18/h1-6H,(H,15,16)(H,17,18)/b3-1+. The van der Waals surface area contributed by atoms with Crippen LogP contribution in [0.5, 0.6) is 0 Å². The first-order chi connectivity index (χ1) is 8.43. The second kappa shape index (κ2) is 6.23. The predicted octanol–water partition coefficient (Wildman–Crippen LogP) is 3.10. The van der Waals surface area contributed by atoms with Crippen LogP contribution >= 0.6 is 23.2 Å². The normalized spacial score (nSPS) is 10.3. The smallest absolute Gasteiger partial charge is 0.343 e. The lowest BCUT2D eigenvalue weighted by Gasteiger charge is -1.99. The van der Waals surface area contributed by atoms with Crippen molar-refractivity contribution in [2.75, 3.05) is 0 Å². The summed E-state index contributed by atoms with van der Waals surface area (Å²) in [7, 11) is 0. The Kier molecular flexibility index (Phi) is 4.95. The third-order valence-corrected chi connectivity index (χ3v) is 2.65. The molecule has 1 aromatic carbocycles. The summed E-state index contributed by atoms with van der Waals surface area (Å²) in [6.07, 6.45) is 3.67. The molecule has 18 heavy (non-hydrogen) atoms. The molecule has 0 saturated heterocycles. The van der Waals surface area contributed by atoms with Crippen LogP contribution in [0.2, 0.25) is 10.0 Å². The molecule has 0 aliphatic carbocycles. The van der Waals surface area contributed by atoms with Gasteiger partial charge in [-0.1, -0.05) is 41.4 Å². The van der Waals surface area contributed by atoms with E-state index in [4.69, 9.17) is 33.4 Å². The number of carbonyl (C=O) groups is 2. The number of rotatable bonds is 4. The summed E-state index contributed by atoms with van der Waals surface area (Å²) in [6, 6.07) is 4.90. The van der Waals surface area contributed by atoms with Gasteiger partial charge in [0.05, 0.1) is 0 Å². The molecular weight excluding hydrogens is 279 g/mol. The van der Waals surface area contributed by atoms with Crippen LogP contribution in [-0.2, 0) is 9.59 Å². The van der Waals surface area contributed by atoms with Crippen molar-refractivity contribution in [1.82, 2.24) is 0 Å². The highest BCUT2D eigenvalue weighted by Gasteiger charge is 2.14. The fourth-order valence-corrected chi connectivity index (χ4v) is 1.67. The van der Waals surface area contributed by atoms with Gasteiger partial charge in [0.2, 0.25) is 0 Å². The van der Waals surface area contributed by atoms with Gasteiger partial charge in [-0.3, -0.25) is 0 Å². The quantitative estimate of drug-likeness (QED) is 0.386. The highest BCUT2D eigenvalue weighted by Crippen LogP contribution is 2.25. The molecule has 6 heteroatoms. The van der Waals surface area contributed by atoms with Crippen molar-refractivity contribution < 1.29 is 19.8 Å². The van der Waals surface area contributed by atoms with Crippen LogP contribution in [-0.4, -0.2) is 22.2 Å². The van der Waals surface area contributed by atoms with Crippen LogP contribution in [0.3, 0.4) is 0 Å². The summed E-state index contributed by atoms with van der Waals surface area (Å²) in [5.41, 5.74) is -0.248. The molecule has 0 radical (unpaired) electrons. The second-order valence-corrected chi connectivity index (χ2v) is 4.00. The van der Waals surface area contributed by atoms with Crippen molar-refractivity contribution in [1.29, 1.82) is 0 Å². The topological polar surface area (TPSA) is 74.6 Å². The molecule has 0 fully saturated rings. The van der Waals surface area contributed by atoms with E-state index in [0.717, 1.165) is 6.08 Å². The van der Waals surface area contributed by atoms with Gasteiger partial charge in [-0.05, 0) is 18.2 Å². The predicted molar refractivity (Wildman–Crippen MR) is 68.9 cm³/mol. The van der Waals surface area contributed by atoms with Gasteiger partial charge in [0, 0.05) is 15.6 Å². The van der Waals surface area contributed by atoms with E-state index in [1.54, 1.807) is 18.2 Å². The first kappa shape index (κ1) is 14.3. The fraction of sp³-hybridized carbons (Fsp3) is 0. The summed E-state index contributed by atoms with van der Waals surface area (Å²) in [6.45, 7) is 0. The Morgan fingerprint density at radius 1 is 1.06 bits per heavy atom. The van der Waals surface area contributed by atoms with Gasteiger partial charge in [0.25, 0.3) is 0 Å². The molecule has 2 N–H and O–H groups in total. The Labute approximate surface area is 113 Å². The van der Waals surface area contributed by atoms with Gasteiger partial charge in [0.15, 0.2) is 0 Å². The van der Waals surface area contributed by atoms with E-state index in [-0.39, 0.29) is 0 Å². The van der Waals surface area contributed by atoms with Gasteiger partial charge < -0.3 is 10.2 Å². The summed E-state index contributed by atoms with van der Waals surface area (Å²) in [5, 5.41) is 18.0. The summed E-state index contributed by atoms with van der Waals surface area (Å²) in [4.78, 5) is 21.2. The van der Waals surface area contributed by atoms with E-state index in [1.165, 1.54) is 12.2 Å². The first-order valence-corrected chi connectivity index (χ1v) is 5.48. The number of halogens is 2. The molecule has 0 heterocycles. The molecule has 0 bridgehead atoms. The number of hydrogen-bond donors (Lipinski definition) is 2. The van der Waals surface area contributed by atoms with E-state index < -0.39 is 17.5 Å². The maximum atomic E-state index is 10.6. The molecule has 1 aromatic rings. The van der Waals surface area contributed by atoms with Gasteiger partial charge >= 0.3 is 11.9 Å². The molecule has 1 rings (SSSR count). The van der Waals surface area contributed by atoms with Crippen molar-refractivity contribution in [3.05, 3.63) is 51.5 Å². The van der Waals surface area contributed by atoms with Crippen molar-refractivity contribution in [2.45, 2.75) is 0 Å². The van der Waals surface area contributed by atoms with Crippen LogP contribution in [0.1, 0.15) is 5.56 Å². The number of carboxylic acid groups (broad SMARTS) is 2. The monoisotopic (exact) mass is 286 g/mol. The van der Waals surface area contributed by atoms with E-state index >= 15 is 0 Å². The van der Waals surface area contributed by atoms with Gasteiger partial charge in [-0.15, -0.1) is 0 Å². The molecule has 0 aliphatic rings. The fourth-order valence-electron chi connectivity index (χ4n) is 1.14. The zero-order valence-electron chi connectivity index (χ0n) is 8.93. The number of carboxylic acids is 2. The molecule has 0 atom stereocenters. The summed E-state index contributed by atoms with van der Waals surface area (Å²) in [5.74, 6) is -3.03. The molecule has 0 unspecified atom stereocenters. The van der Waals surface area contributed by atoms with E-state index in [2.05, 4.69) is 0 Å². The molecule has 4 nitrogen and oxygen atoms in total. The second-order valence-electron chi connectivity index (χ2n) is 3.19. The largest absolute Gasteiger partial charge is 0.477 e. The molecule has 0 aromatic heterocycles. The van der Waals surface area contributed by atoms with Crippen LogP contribution in [0, 0.1) is 0 Å². The summed E-state index contributed by atoms with van der Waals surface area (Å²) < 4.78 is 0. The Morgan fingerprint density at radius 2 is 1.56 bits per heavy atom. The molecule has 0 spiro atoms. The Morgan fingerprint density at radius 3 is 2.00 bits per heavy atom. The van der Waals surface area contributed by atoms with Crippen LogP contribution < -0.4 is 0 Å².